The molecule has 78 valence electrons. The first-order valence-corrected chi connectivity index (χ1v) is 3.85. The molecule has 2 atom stereocenters. The van der Waals surface area contributed by atoms with Crippen LogP contribution in [0.3, 0.4) is 0 Å². The van der Waals surface area contributed by atoms with Gasteiger partial charge in [-0.3, -0.25) is 0 Å². The van der Waals surface area contributed by atoms with Gasteiger partial charge < -0.3 is 14.6 Å². The average molecular weight is 200 g/mol. The highest BCUT2D eigenvalue weighted by atomic mass is 16.7. The Balaban J connectivity index is 4.05. The van der Waals surface area contributed by atoms with E-state index in [0.717, 1.165) is 12.2 Å². The summed E-state index contributed by atoms with van der Waals surface area (Å²) in [5.41, 5.74) is 0. The third-order valence-electron chi connectivity index (χ3n) is 1.23. The van der Waals surface area contributed by atoms with Crippen LogP contribution in [-0.2, 0) is 19.1 Å². The van der Waals surface area contributed by atoms with Crippen molar-refractivity contribution in [3.8, 4) is 0 Å². The molecule has 1 N–H and O–H groups in total. The molecule has 14 heavy (non-hydrogen) atoms. The van der Waals surface area contributed by atoms with E-state index in [-0.39, 0.29) is 0 Å². The van der Waals surface area contributed by atoms with Crippen molar-refractivity contribution in [2.75, 3.05) is 0 Å². The minimum atomic E-state index is -1.40. The highest BCUT2D eigenvalue weighted by molar-refractivity contribution is 5.85. The normalized spacial score (nSPS) is 13.6. The molecule has 5 heteroatoms. The molecule has 0 rings (SSSR count). The van der Waals surface area contributed by atoms with Gasteiger partial charge in [0.15, 0.2) is 6.10 Å². The molecule has 0 aromatic rings. The van der Waals surface area contributed by atoms with Gasteiger partial charge in [-0.15, -0.1) is 0 Å². The van der Waals surface area contributed by atoms with Gasteiger partial charge in [0, 0.05) is 6.08 Å². The highest BCUT2D eigenvalue weighted by Crippen LogP contribution is 1.99. The van der Waals surface area contributed by atoms with E-state index < -0.39 is 24.3 Å². The Bertz CT molecular complexity index is 246. The molecule has 0 aromatic carbocycles. The summed E-state index contributed by atoms with van der Waals surface area (Å²) in [6.07, 6.45) is -0.532. The number of hydrogen-bond acceptors (Lipinski definition) is 5. The standard InChI is InChI=1S/C9H12O5/c1-4-7(10)13-6(3)9(12)14-8(11)5-2/h4-6,8,11H,1-2H2,3H3. The summed E-state index contributed by atoms with van der Waals surface area (Å²) < 4.78 is 8.92. The van der Waals surface area contributed by atoms with E-state index in [0.29, 0.717) is 0 Å². The predicted octanol–water partition coefficient (Wildman–Crippen LogP) is 0.152. The predicted molar refractivity (Wildman–Crippen MR) is 48.0 cm³/mol. The zero-order valence-electron chi connectivity index (χ0n) is 7.80. The lowest BCUT2D eigenvalue weighted by atomic mass is 10.4. The van der Waals surface area contributed by atoms with Crippen LogP contribution in [0, 0.1) is 0 Å². The third-order valence-corrected chi connectivity index (χ3v) is 1.23. The summed E-state index contributed by atoms with van der Waals surface area (Å²) in [5.74, 6) is -1.59. The van der Waals surface area contributed by atoms with E-state index in [1.54, 1.807) is 0 Å². The van der Waals surface area contributed by atoms with Gasteiger partial charge in [0.05, 0.1) is 0 Å². The molecule has 0 fully saturated rings. The lowest BCUT2D eigenvalue weighted by Crippen LogP contribution is -2.28. The Morgan fingerprint density at radius 3 is 2.36 bits per heavy atom. The molecule has 0 saturated carbocycles. The van der Waals surface area contributed by atoms with E-state index >= 15 is 0 Å². The van der Waals surface area contributed by atoms with Crippen molar-refractivity contribution in [1.82, 2.24) is 0 Å². The van der Waals surface area contributed by atoms with Gasteiger partial charge in [-0.05, 0) is 13.0 Å². The minimum absolute atomic E-state index is 0.734. The molecule has 0 aliphatic rings. The second-order valence-corrected chi connectivity index (χ2v) is 2.35. The fourth-order valence-electron chi connectivity index (χ4n) is 0.533. The molecule has 0 bridgehead atoms. The summed E-state index contributed by atoms with van der Waals surface area (Å²) in [7, 11) is 0. The van der Waals surface area contributed by atoms with E-state index in [1.807, 2.05) is 0 Å². The monoisotopic (exact) mass is 200 g/mol. The molecule has 0 radical (unpaired) electrons. The number of aliphatic hydroxyl groups excluding tert-OH is 1. The van der Waals surface area contributed by atoms with Crippen molar-refractivity contribution < 1.29 is 24.2 Å². The quantitative estimate of drug-likeness (QED) is 0.296. The molecule has 5 nitrogen and oxygen atoms in total. The van der Waals surface area contributed by atoms with Crippen LogP contribution >= 0.6 is 0 Å². The Kier molecular flexibility index (Phi) is 5.24. The summed E-state index contributed by atoms with van der Waals surface area (Å²) in [4.78, 5) is 21.7. The first-order chi connectivity index (χ1) is 6.51. The second kappa shape index (κ2) is 5.93. The highest BCUT2D eigenvalue weighted by Gasteiger charge is 2.19. The van der Waals surface area contributed by atoms with Crippen LogP contribution in [0.4, 0.5) is 0 Å². The second-order valence-electron chi connectivity index (χ2n) is 2.35. The number of carbonyl (C=O) groups excluding carboxylic acids is 2. The fourth-order valence-corrected chi connectivity index (χ4v) is 0.533. The maximum Gasteiger partial charge on any atom is 0.349 e. The molecule has 0 amide bonds. The van der Waals surface area contributed by atoms with Crippen LogP contribution < -0.4 is 0 Å². The van der Waals surface area contributed by atoms with E-state index in [4.69, 9.17) is 5.11 Å². The van der Waals surface area contributed by atoms with Gasteiger partial charge >= 0.3 is 11.9 Å². The molecule has 0 spiro atoms. The van der Waals surface area contributed by atoms with Crippen LogP contribution in [0.25, 0.3) is 0 Å². The number of hydrogen-bond donors (Lipinski definition) is 1. The van der Waals surface area contributed by atoms with Gasteiger partial charge in [0.25, 0.3) is 0 Å². The van der Waals surface area contributed by atoms with Crippen molar-refractivity contribution in [3.63, 3.8) is 0 Å². The first kappa shape index (κ1) is 12.4. The Labute approximate surface area is 81.6 Å². The lowest BCUT2D eigenvalue weighted by molar-refractivity contribution is -0.176. The van der Waals surface area contributed by atoms with Crippen LogP contribution in [0.5, 0.6) is 0 Å². The van der Waals surface area contributed by atoms with Crippen LogP contribution in [-0.4, -0.2) is 29.4 Å². The fraction of sp³-hybridized carbons (Fsp3) is 0.333. The largest absolute Gasteiger partial charge is 0.447 e. The molecule has 0 aliphatic heterocycles. The number of rotatable bonds is 5. The number of carbonyl (C=O) groups is 2. The van der Waals surface area contributed by atoms with Crippen molar-refractivity contribution in [2.45, 2.75) is 19.3 Å². The molecule has 0 saturated heterocycles. The summed E-state index contributed by atoms with van der Waals surface area (Å²) in [5, 5.41) is 8.85. The molecule has 2 unspecified atom stereocenters. The number of aliphatic hydroxyl groups is 1. The van der Waals surface area contributed by atoms with E-state index in [2.05, 4.69) is 22.6 Å². The van der Waals surface area contributed by atoms with Crippen LogP contribution in [0.1, 0.15) is 6.92 Å². The SMILES string of the molecule is C=CC(=O)OC(C)C(=O)OC(O)C=C. The average Bonchev–Trinajstić information content (AvgIpc) is 2.17. The first-order valence-electron chi connectivity index (χ1n) is 3.85. The third kappa shape index (κ3) is 4.42. The maximum atomic E-state index is 11.0. The zero-order valence-corrected chi connectivity index (χ0v) is 7.80. The smallest absolute Gasteiger partial charge is 0.349 e. The van der Waals surface area contributed by atoms with Gasteiger partial charge in [0.1, 0.15) is 0 Å². The molecular weight excluding hydrogens is 188 g/mol. The number of ether oxygens (including phenoxy) is 2. The maximum absolute atomic E-state index is 11.0. The van der Waals surface area contributed by atoms with Crippen molar-refractivity contribution >= 4 is 11.9 Å². The van der Waals surface area contributed by atoms with Crippen LogP contribution in [0.2, 0.25) is 0 Å². The Morgan fingerprint density at radius 2 is 1.93 bits per heavy atom. The topological polar surface area (TPSA) is 72.8 Å². The number of esters is 2. The van der Waals surface area contributed by atoms with Gasteiger partial charge in [-0.25, -0.2) is 9.59 Å². The summed E-state index contributed by atoms with van der Waals surface area (Å²) in [6.45, 7) is 7.68. The molecule has 0 aromatic heterocycles. The zero-order chi connectivity index (χ0) is 11.1. The molecule has 0 aliphatic carbocycles. The van der Waals surface area contributed by atoms with Crippen LogP contribution in [0.15, 0.2) is 25.3 Å². The summed E-state index contributed by atoms with van der Waals surface area (Å²) >= 11 is 0. The Morgan fingerprint density at radius 1 is 1.36 bits per heavy atom. The van der Waals surface area contributed by atoms with Crippen molar-refractivity contribution in [2.24, 2.45) is 0 Å². The lowest BCUT2D eigenvalue weighted by Gasteiger charge is -2.12. The Hall–Kier alpha value is -1.62. The molecule has 0 heterocycles. The van der Waals surface area contributed by atoms with Crippen molar-refractivity contribution in [3.05, 3.63) is 25.3 Å². The molecular formula is C9H12O5. The van der Waals surface area contributed by atoms with Gasteiger partial charge in [0.2, 0.25) is 6.29 Å². The van der Waals surface area contributed by atoms with Gasteiger partial charge in [-0.1, -0.05) is 13.2 Å². The van der Waals surface area contributed by atoms with E-state index in [1.165, 1.54) is 6.92 Å². The van der Waals surface area contributed by atoms with E-state index in [9.17, 15) is 9.59 Å². The minimum Gasteiger partial charge on any atom is -0.447 e. The van der Waals surface area contributed by atoms with Gasteiger partial charge in [-0.2, -0.15) is 0 Å². The van der Waals surface area contributed by atoms with Crippen molar-refractivity contribution in [1.29, 1.82) is 0 Å². The summed E-state index contributed by atoms with van der Waals surface area (Å²) in [6, 6.07) is 0.